The van der Waals surface area contributed by atoms with Crippen LogP contribution in [0, 0.1) is 0 Å². The standard InChI is InChI=1S/C14H17N3OS/c1-18-13-5-2-10(7-16-13)6-14-17-12(9-19-14)8-15-11-3-4-11/h2,5,7,9,11,15H,3-4,6,8H2,1H3. The highest BCUT2D eigenvalue weighted by molar-refractivity contribution is 7.09. The first-order chi connectivity index (χ1) is 9.33. The molecule has 0 saturated heterocycles. The number of pyridine rings is 1. The SMILES string of the molecule is COc1ccc(Cc2nc(CNC3CC3)cs2)cn1. The van der Waals surface area contributed by atoms with Crippen molar-refractivity contribution in [3.05, 3.63) is 40.0 Å². The van der Waals surface area contributed by atoms with Crippen LogP contribution in [0.2, 0.25) is 0 Å². The summed E-state index contributed by atoms with van der Waals surface area (Å²) in [5, 5.41) is 6.76. The van der Waals surface area contributed by atoms with Crippen LogP contribution in [0.3, 0.4) is 0 Å². The fourth-order valence-electron chi connectivity index (χ4n) is 1.86. The first-order valence-corrected chi connectivity index (χ1v) is 7.37. The van der Waals surface area contributed by atoms with E-state index in [-0.39, 0.29) is 0 Å². The number of nitrogens with zero attached hydrogens (tertiary/aromatic N) is 2. The molecule has 0 atom stereocenters. The van der Waals surface area contributed by atoms with Crippen molar-refractivity contribution in [3.8, 4) is 5.88 Å². The number of hydrogen-bond donors (Lipinski definition) is 1. The predicted octanol–water partition coefficient (Wildman–Crippen LogP) is 2.39. The van der Waals surface area contributed by atoms with Crippen molar-refractivity contribution in [3.63, 3.8) is 0 Å². The van der Waals surface area contributed by atoms with Gasteiger partial charge in [-0.25, -0.2) is 9.97 Å². The van der Waals surface area contributed by atoms with Gasteiger partial charge >= 0.3 is 0 Å². The van der Waals surface area contributed by atoms with Crippen molar-refractivity contribution in [1.82, 2.24) is 15.3 Å². The lowest BCUT2D eigenvalue weighted by atomic mass is 10.2. The molecule has 0 aliphatic heterocycles. The van der Waals surface area contributed by atoms with Crippen molar-refractivity contribution in [2.75, 3.05) is 7.11 Å². The van der Waals surface area contributed by atoms with Crippen molar-refractivity contribution in [2.45, 2.75) is 31.8 Å². The Morgan fingerprint density at radius 3 is 3.00 bits per heavy atom. The van der Waals surface area contributed by atoms with Crippen LogP contribution in [-0.2, 0) is 13.0 Å². The average Bonchev–Trinajstić information content (AvgIpc) is 3.17. The first-order valence-electron chi connectivity index (χ1n) is 6.49. The molecule has 2 aromatic rings. The summed E-state index contributed by atoms with van der Waals surface area (Å²) in [6.07, 6.45) is 5.32. The number of rotatable bonds is 6. The second kappa shape index (κ2) is 5.67. The summed E-state index contributed by atoms with van der Waals surface area (Å²) >= 11 is 1.72. The summed E-state index contributed by atoms with van der Waals surface area (Å²) in [6, 6.07) is 4.66. The largest absolute Gasteiger partial charge is 0.481 e. The zero-order valence-corrected chi connectivity index (χ0v) is 11.7. The van der Waals surface area contributed by atoms with Gasteiger partial charge in [-0.05, 0) is 18.4 Å². The fourth-order valence-corrected chi connectivity index (χ4v) is 2.69. The van der Waals surface area contributed by atoms with Crippen molar-refractivity contribution < 1.29 is 4.74 Å². The van der Waals surface area contributed by atoms with E-state index in [9.17, 15) is 0 Å². The Morgan fingerprint density at radius 2 is 2.32 bits per heavy atom. The number of ether oxygens (including phenoxy) is 1. The third-order valence-corrected chi connectivity index (χ3v) is 4.01. The van der Waals surface area contributed by atoms with Crippen LogP contribution in [0.5, 0.6) is 5.88 Å². The van der Waals surface area contributed by atoms with Crippen LogP contribution in [0.1, 0.15) is 29.1 Å². The molecule has 19 heavy (non-hydrogen) atoms. The van der Waals surface area contributed by atoms with E-state index >= 15 is 0 Å². The van der Waals surface area contributed by atoms with Gasteiger partial charge in [-0.3, -0.25) is 0 Å². The molecule has 0 spiro atoms. The van der Waals surface area contributed by atoms with Crippen LogP contribution in [0.25, 0.3) is 0 Å². The maximum Gasteiger partial charge on any atom is 0.212 e. The van der Waals surface area contributed by atoms with Gasteiger partial charge < -0.3 is 10.1 Å². The Hall–Kier alpha value is -1.46. The van der Waals surface area contributed by atoms with Gasteiger partial charge in [0.1, 0.15) is 0 Å². The van der Waals surface area contributed by atoms with E-state index in [1.54, 1.807) is 18.4 Å². The third-order valence-electron chi connectivity index (χ3n) is 3.11. The molecule has 0 aromatic carbocycles. The minimum atomic E-state index is 0.650. The molecular formula is C14H17N3OS. The van der Waals surface area contributed by atoms with Crippen LogP contribution in [0.15, 0.2) is 23.7 Å². The average molecular weight is 275 g/mol. The molecule has 2 heterocycles. The van der Waals surface area contributed by atoms with Crippen LogP contribution >= 0.6 is 11.3 Å². The lowest BCUT2D eigenvalue weighted by molar-refractivity contribution is 0.397. The minimum Gasteiger partial charge on any atom is -0.481 e. The highest BCUT2D eigenvalue weighted by Gasteiger charge is 2.20. The molecule has 1 aliphatic rings. The molecule has 1 saturated carbocycles. The van der Waals surface area contributed by atoms with Gasteiger partial charge in [0.25, 0.3) is 0 Å². The minimum absolute atomic E-state index is 0.650. The molecule has 2 aromatic heterocycles. The van der Waals surface area contributed by atoms with E-state index in [4.69, 9.17) is 4.74 Å². The Balaban J connectivity index is 1.58. The number of nitrogens with one attached hydrogen (secondary N) is 1. The zero-order valence-electron chi connectivity index (χ0n) is 10.9. The Labute approximate surface area is 116 Å². The maximum absolute atomic E-state index is 5.05. The molecule has 5 heteroatoms. The highest BCUT2D eigenvalue weighted by Crippen LogP contribution is 2.20. The molecule has 1 fully saturated rings. The fraction of sp³-hybridized carbons (Fsp3) is 0.429. The Kier molecular flexibility index (Phi) is 3.75. The van der Waals surface area contributed by atoms with Crippen molar-refractivity contribution in [1.29, 1.82) is 0 Å². The van der Waals surface area contributed by atoms with Gasteiger partial charge in [0.05, 0.1) is 17.8 Å². The van der Waals surface area contributed by atoms with Gasteiger partial charge in [0, 0.05) is 36.7 Å². The summed E-state index contributed by atoms with van der Waals surface area (Å²) in [5.74, 6) is 0.650. The van der Waals surface area contributed by atoms with Gasteiger partial charge in [0.2, 0.25) is 5.88 Å². The quantitative estimate of drug-likeness (QED) is 0.879. The summed E-state index contributed by atoms with van der Waals surface area (Å²) in [6.45, 7) is 0.891. The Morgan fingerprint density at radius 1 is 1.42 bits per heavy atom. The number of hydrogen-bond acceptors (Lipinski definition) is 5. The molecule has 0 amide bonds. The Bertz CT molecular complexity index is 534. The van der Waals surface area contributed by atoms with Crippen molar-refractivity contribution >= 4 is 11.3 Å². The number of aromatic nitrogens is 2. The molecule has 0 radical (unpaired) electrons. The molecule has 0 bridgehead atoms. The normalized spacial score (nSPS) is 14.6. The van der Waals surface area contributed by atoms with Gasteiger partial charge in [-0.2, -0.15) is 0 Å². The number of thiazole rings is 1. The molecule has 4 nitrogen and oxygen atoms in total. The lowest BCUT2D eigenvalue weighted by Crippen LogP contribution is -2.15. The zero-order chi connectivity index (χ0) is 13.1. The van der Waals surface area contributed by atoms with E-state index in [0.29, 0.717) is 5.88 Å². The molecule has 1 aliphatic carbocycles. The first kappa shape index (κ1) is 12.6. The smallest absolute Gasteiger partial charge is 0.212 e. The summed E-state index contributed by atoms with van der Waals surface area (Å²) in [7, 11) is 1.63. The van der Waals surface area contributed by atoms with Crippen LogP contribution < -0.4 is 10.1 Å². The summed E-state index contributed by atoms with van der Waals surface area (Å²) in [5.41, 5.74) is 2.31. The maximum atomic E-state index is 5.05. The summed E-state index contributed by atoms with van der Waals surface area (Å²) in [4.78, 5) is 8.86. The van der Waals surface area contributed by atoms with E-state index in [1.165, 1.54) is 12.8 Å². The molecule has 1 N–H and O–H groups in total. The predicted molar refractivity (Wildman–Crippen MR) is 75.6 cm³/mol. The van der Waals surface area contributed by atoms with Crippen LogP contribution in [-0.4, -0.2) is 23.1 Å². The molecule has 0 unspecified atom stereocenters. The van der Waals surface area contributed by atoms with E-state index in [0.717, 1.165) is 35.3 Å². The highest BCUT2D eigenvalue weighted by atomic mass is 32.1. The van der Waals surface area contributed by atoms with Crippen molar-refractivity contribution in [2.24, 2.45) is 0 Å². The lowest BCUT2D eigenvalue weighted by Gasteiger charge is -2.00. The molecule has 3 rings (SSSR count). The van der Waals surface area contributed by atoms with E-state index < -0.39 is 0 Å². The monoisotopic (exact) mass is 275 g/mol. The van der Waals surface area contributed by atoms with Crippen LogP contribution in [0.4, 0.5) is 0 Å². The molecule has 100 valence electrons. The third kappa shape index (κ3) is 3.52. The summed E-state index contributed by atoms with van der Waals surface area (Å²) < 4.78 is 5.05. The second-order valence-corrected chi connectivity index (χ2v) is 5.72. The van der Waals surface area contributed by atoms with Gasteiger partial charge in [-0.15, -0.1) is 11.3 Å². The second-order valence-electron chi connectivity index (χ2n) is 4.77. The van der Waals surface area contributed by atoms with E-state index in [2.05, 4.69) is 20.7 Å². The van der Waals surface area contributed by atoms with E-state index in [1.807, 2.05) is 18.3 Å². The number of methoxy groups -OCH3 is 1. The van der Waals surface area contributed by atoms with Gasteiger partial charge in [-0.1, -0.05) is 6.07 Å². The van der Waals surface area contributed by atoms with Gasteiger partial charge in [0.15, 0.2) is 0 Å². The topological polar surface area (TPSA) is 47.0 Å². The molecular weight excluding hydrogens is 258 g/mol.